The molecule has 25 heavy (non-hydrogen) atoms. The number of carboxylic acid groups (broad SMARTS) is 1. The van der Waals surface area contributed by atoms with E-state index in [1.165, 1.54) is 12.3 Å². The lowest BCUT2D eigenvalue weighted by Crippen LogP contribution is -2.10. The normalized spacial score (nSPS) is 11.3. The number of nitrogens with one attached hydrogen (secondary N) is 1. The number of aliphatic carboxylic acids is 1. The molecule has 0 radical (unpaired) electrons. The lowest BCUT2D eigenvalue weighted by Gasteiger charge is -2.05. The van der Waals surface area contributed by atoms with E-state index in [4.69, 9.17) is 5.11 Å². The molecule has 2 N–H and O–H groups in total. The van der Waals surface area contributed by atoms with Crippen molar-refractivity contribution in [2.75, 3.05) is 5.32 Å². The van der Waals surface area contributed by atoms with E-state index in [9.17, 15) is 22.8 Å². The lowest BCUT2D eigenvalue weighted by molar-refractivity contribution is -0.138. The van der Waals surface area contributed by atoms with Crippen LogP contribution in [0.25, 0.3) is 0 Å². The number of rotatable bonds is 7. The number of halogens is 3. The fraction of sp³-hybridized carbons (Fsp3) is 0.286. The summed E-state index contributed by atoms with van der Waals surface area (Å²) < 4.78 is 37.9. The van der Waals surface area contributed by atoms with Crippen molar-refractivity contribution in [3.8, 4) is 0 Å². The first-order chi connectivity index (χ1) is 11.7. The van der Waals surface area contributed by atoms with Gasteiger partial charge < -0.3 is 10.4 Å². The van der Waals surface area contributed by atoms with Crippen molar-refractivity contribution in [2.45, 2.75) is 34.8 Å². The molecule has 0 atom stereocenters. The smallest absolute Gasteiger partial charge is 0.417 e. The minimum atomic E-state index is -4.44. The van der Waals surface area contributed by atoms with Crippen LogP contribution in [0.4, 0.5) is 18.2 Å². The Morgan fingerprint density at radius 3 is 2.56 bits per heavy atom. The van der Waals surface area contributed by atoms with Crippen LogP contribution >= 0.6 is 23.1 Å². The van der Waals surface area contributed by atoms with Crippen molar-refractivity contribution in [1.82, 2.24) is 9.97 Å². The van der Waals surface area contributed by atoms with Crippen LogP contribution in [0.15, 0.2) is 33.9 Å². The highest BCUT2D eigenvalue weighted by atomic mass is 32.2. The first-order valence-corrected chi connectivity index (χ1v) is 8.56. The zero-order valence-electron chi connectivity index (χ0n) is 12.5. The second-order valence-corrected chi connectivity index (χ2v) is 7.07. The molecule has 0 saturated heterocycles. The molecule has 0 spiro atoms. The van der Waals surface area contributed by atoms with Gasteiger partial charge in [-0.2, -0.15) is 13.2 Å². The van der Waals surface area contributed by atoms with Crippen LogP contribution in [0.2, 0.25) is 0 Å². The van der Waals surface area contributed by atoms with Gasteiger partial charge in [0, 0.05) is 19.0 Å². The minimum Gasteiger partial charge on any atom is -0.481 e. The van der Waals surface area contributed by atoms with Crippen LogP contribution in [0.3, 0.4) is 0 Å². The number of anilines is 1. The Kier molecular flexibility index (Phi) is 6.37. The number of carbonyl (C=O) groups is 2. The average molecular weight is 391 g/mol. The summed E-state index contributed by atoms with van der Waals surface area (Å²) in [5.74, 6) is -1.29. The maximum Gasteiger partial charge on any atom is 0.417 e. The van der Waals surface area contributed by atoms with E-state index < -0.39 is 17.7 Å². The topological polar surface area (TPSA) is 92.2 Å². The minimum absolute atomic E-state index is 0.0765. The van der Waals surface area contributed by atoms with E-state index >= 15 is 0 Å². The number of aromatic nitrogens is 2. The molecule has 0 saturated carbocycles. The zero-order chi connectivity index (χ0) is 18.4. The maximum atomic E-state index is 12.5. The molecular weight excluding hydrogens is 379 g/mol. The molecule has 0 unspecified atom stereocenters. The number of carbonyl (C=O) groups excluding carboxylic acids is 1. The van der Waals surface area contributed by atoms with Gasteiger partial charge in [-0.1, -0.05) is 11.3 Å². The number of amides is 1. The summed E-state index contributed by atoms with van der Waals surface area (Å²) in [4.78, 5) is 29.8. The molecule has 1 amide bonds. The molecule has 2 aromatic rings. The molecule has 0 fully saturated rings. The Hall–Kier alpha value is -2.14. The number of carboxylic acids is 1. The van der Waals surface area contributed by atoms with Crippen molar-refractivity contribution in [3.63, 3.8) is 0 Å². The number of hydrogen-bond acceptors (Lipinski definition) is 6. The second kappa shape index (κ2) is 8.30. The van der Waals surface area contributed by atoms with Crippen LogP contribution in [0, 0.1) is 0 Å². The average Bonchev–Trinajstić information content (AvgIpc) is 2.93. The van der Waals surface area contributed by atoms with Crippen molar-refractivity contribution in [2.24, 2.45) is 0 Å². The van der Waals surface area contributed by atoms with Gasteiger partial charge in [-0.15, -0.1) is 0 Å². The molecule has 2 aromatic heterocycles. The van der Waals surface area contributed by atoms with Crippen LogP contribution < -0.4 is 5.32 Å². The first kappa shape index (κ1) is 19.2. The summed E-state index contributed by atoms with van der Waals surface area (Å²) in [6, 6.07) is 2.19. The molecule has 0 aromatic carbocycles. The Labute approximate surface area is 148 Å². The number of nitrogens with zero attached hydrogens (tertiary/aromatic N) is 2. The van der Waals surface area contributed by atoms with Gasteiger partial charge in [0.2, 0.25) is 5.91 Å². The second-order valence-electron chi connectivity index (χ2n) is 4.77. The zero-order valence-corrected chi connectivity index (χ0v) is 14.2. The monoisotopic (exact) mass is 391 g/mol. The molecule has 0 aliphatic rings. The third-order valence-electron chi connectivity index (χ3n) is 2.80. The Morgan fingerprint density at radius 2 is 1.96 bits per heavy atom. The molecule has 11 heteroatoms. The van der Waals surface area contributed by atoms with Gasteiger partial charge in [0.05, 0.1) is 11.8 Å². The molecule has 6 nitrogen and oxygen atoms in total. The molecule has 0 aliphatic carbocycles. The van der Waals surface area contributed by atoms with E-state index in [-0.39, 0.29) is 25.2 Å². The Bertz CT molecular complexity index is 748. The van der Waals surface area contributed by atoms with Crippen LogP contribution in [-0.4, -0.2) is 27.0 Å². The molecule has 134 valence electrons. The summed E-state index contributed by atoms with van der Waals surface area (Å²) in [6.45, 7) is 0. The first-order valence-electron chi connectivity index (χ1n) is 6.92. The van der Waals surface area contributed by atoms with Gasteiger partial charge in [0.15, 0.2) is 4.34 Å². The van der Waals surface area contributed by atoms with Crippen molar-refractivity contribution < 1.29 is 27.9 Å². The van der Waals surface area contributed by atoms with Crippen LogP contribution in [-0.2, 0) is 15.8 Å². The Morgan fingerprint density at radius 1 is 1.20 bits per heavy atom. The summed E-state index contributed by atoms with van der Waals surface area (Å²) in [6.07, 6.45) is -2.04. The summed E-state index contributed by atoms with van der Waals surface area (Å²) in [7, 11) is 0. The van der Waals surface area contributed by atoms with Crippen molar-refractivity contribution in [3.05, 3.63) is 30.1 Å². The van der Waals surface area contributed by atoms with Gasteiger partial charge in [0.25, 0.3) is 0 Å². The van der Waals surface area contributed by atoms with Gasteiger partial charge >= 0.3 is 12.1 Å². The number of thiazole rings is 1. The highest BCUT2D eigenvalue weighted by Crippen LogP contribution is 2.34. The standard InChI is InChI=1S/C14H12F3N3O3S2/c15-14(16,17)8-4-5-10(18-6-8)24-13-19-7-11(25-13)20-9(21)2-1-3-12(22)23/h4-7H,1-3H2,(H,20,21)(H,22,23). The van der Waals surface area contributed by atoms with E-state index in [0.29, 0.717) is 14.4 Å². The van der Waals surface area contributed by atoms with E-state index in [1.807, 2.05) is 0 Å². The summed E-state index contributed by atoms with van der Waals surface area (Å²) in [5.41, 5.74) is -0.828. The molecule has 2 heterocycles. The van der Waals surface area contributed by atoms with Crippen molar-refractivity contribution >= 4 is 40.0 Å². The number of alkyl halides is 3. The lowest BCUT2D eigenvalue weighted by atomic mass is 10.2. The molecular formula is C14H12F3N3O3S2. The van der Waals surface area contributed by atoms with Crippen molar-refractivity contribution in [1.29, 1.82) is 0 Å². The van der Waals surface area contributed by atoms with Crippen LogP contribution in [0.5, 0.6) is 0 Å². The largest absolute Gasteiger partial charge is 0.481 e. The molecule has 0 bridgehead atoms. The maximum absolute atomic E-state index is 12.5. The quantitative estimate of drug-likeness (QED) is 0.744. The van der Waals surface area contributed by atoms with Crippen LogP contribution in [0.1, 0.15) is 24.8 Å². The number of pyridine rings is 1. The summed E-state index contributed by atoms with van der Waals surface area (Å²) in [5, 5.41) is 11.9. The molecule has 2 rings (SSSR count). The fourth-order valence-corrected chi connectivity index (χ4v) is 3.44. The van der Waals surface area contributed by atoms with E-state index in [1.54, 1.807) is 0 Å². The predicted octanol–water partition coefficient (Wildman–Crippen LogP) is 3.90. The third-order valence-corrected chi connectivity index (χ3v) is 4.74. The third kappa shape index (κ3) is 6.35. The fourth-order valence-electron chi connectivity index (χ4n) is 1.66. The highest BCUT2D eigenvalue weighted by Gasteiger charge is 2.30. The predicted molar refractivity (Wildman–Crippen MR) is 85.6 cm³/mol. The highest BCUT2D eigenvalue weighted by molar-refractivity contribution is 8.01. The van der Waals surface area contributed by atoms with E-state index in [2.05, 4.69) is 15.3 Å². The SMILES string of the molecule is O=C(O)CCCC(=O)Nc1cnc(Sc2ccc(C(F)(F)F)cn2)s1. The Balaban J connectivity index is 1.88. The van der Waals surface area contributed by atoms with Gasteiger partial charge in [0.1, 0.15) is 10.0 Å². The van der Waals surface area contributed by atoms with Gasteiger partial charge in [-0.05, 0) is 30.3 Å². The molecule has 0 aliphatic heterocycles. The summed E-state index contributed by atoms with van der Waals surface area (Å²) >= 11 is 2.22. The van der Waals surface area contributed by atoms with Gasteiger partial charge in [-0.3, -0.25) is 9.59 Å². The van der Waals surface area contributed by atoms with Gasteiger partial charge in [-0.25, -0.2) is 9.97 Å². The number of hydrogen-bond donors (Lipinski definition) is 2. The van der Waals surface area contributed by atoms with E-state index in [0.717, 1.165) is 35.4 Å².